The summed E-state index contributed by atoms with van der Waals surface area (Å²) in [6.45, 7) is 5.20. The van der Waals surface area contributed by atoms with Crippen molar-refractivity contribution in [2.24, 2.45) is 5.84 Å². The maximum Gasteiger partial charge on any atom is 0.138 e. The molecule has 2 heterocycles. The van der Waals surface area contributed by atoms with Crippen molar-refractivity contribution in [2.45, 2.75) is 45.7 Å². The summed E-state index contributed by atoms with van der Waals surface area (Å²) in [5, 5.41) is 6.38. The number of aromatic nitrogens is 3. The van der Waals surface area contributed by atoms with Crippen LogP contribution in [0.1, 0.15) is 42.6 Å². The number of thiophene rings is 1. The van der Waals surface area contributed by atoms with Gasteiger partial charge in [0.1, 0.15) is 12.2 Å². The fourth-order valence-corrected chi connectivity index (χ4v) is 3.26. The van der Waals surface area contributed by atoms with E-state index in [9.17, 15) is 0 Å². The Bertz CT molecular complexity index is 505. The third kappa shape index (κ3) is 3.20. The summed E-state index contributed by atoms with van der Waals surface area (Å²) < 4.78 is 1.96. The van der Waals surface area contributed by atoms with E-state index in [2.05, 4.69) is 40.8 Å². The van der Waals surface area contributed by atoms with Crippen LogP contribution in [0.3, 0.4) is 0 Å². The zero-order chi connectivity index (χ0) is 13.7. The van der Waals surface area contributed by atoms with Gasteiger partial charge in [-0.25, -0.2) is 4.98 Å². The highest BCUT2D eigenvalue weighted by molar-refractivity contribution is 7.10. The predicted molar refractivity (Wildman–Crippen MR) is 77.8 cm³/mol. The molecule has 0 spiro atoms. The van der Waals surface area contributed by atoms with Crippen molar-refractivity contribution >= 4 is 11.3 Å². The molecule has 104 valence electrons. The first-order chi connectivity index (χ1) is 9.30. The Hall–Kier alpha value is -1.24. The largest absolute Gasteiger partial charge is 0.271 e. The van der Waals surface area contributed by atoms with E-state index < -0.39 is 0 Å². The van der Waals surface area contributed by atoms with Crippen LogP contribution in [0.5, 0.6) is 0 Å². The molecule has 0 aliphatic rings. The maximum absolute atomic E-state index is 5.73. The summed E-state index contributed by atoms with van der Waals surface area (Å²) in [5.74, 6) is 6.71. The maximum atomic E-state index is 5.73. The minimum Gasteiger partial charge on any atom is -0.271 e. The topological polar surface area (TPSA) is 68.8 Å². The van der Waals surface area contributed by atoms with Crippen molar-refractivity contribution in [3.05, 3.63) is 34.0 Å². The summed E-state index contributed by atoms with van der Waals surface area (Å²) in [6, 6.07) is 2.27. The van der Waals surface area contributed by atoms with Crippen molar-refractivity contribution in [3.8, 4) is 0 Å². The Kier molecular flexibility index (Phi) is 5.07. The van der Waals surface area contributed by atoms with Crippen LogP contribution in [0.4, 0.5) is 0 Å². The molecule has 0 aromatic carbocycles. The fraction of sp³-hybridized carbons (Fsp3) is 0.538. The lowest BCUT2D eigenvalue weighted by Crippen LogP contribution is -2.30. The van der Waals surface area contributed by atoms with Crippen LogP contribution in [-0.4, -0.2) is 14.8 Å². The first-order valence-corrected chi connectivity index (χ1v) is 7.57. The van der Waals surface area contributed by atoms with Gasteiger partial charge in [0.05, 0.1) is 6.04 Å². The number of hydrogen-bond donors (Lipinski definition) is 2. The van der Waals surface area contributed by atoms with E-state index in [4.69, 9.17) is 5.84 Å². The van der Waals surface area contributed by atoms with E-state index in [0.29, 0.717) is 0 Å². The van der Waals surface area contributed by atoms with Gasteiger partial charge >= 0.3 is 0 Å². The smallest absolute Gasteiger partial charge is 0.138 e. The predicted octanol–water partition coefficient (Wildman–Crippen LogP) is 2.06. The van der Waals surface area contributed by atoms with E-state index in [1.54, 1.807) is 17.7 Å². The zero-order valence-corrected chi connectivity index (χ0v) is 12.3. The summed E-state index contributed by atoms with van der Waals surface area (Å²) in [7, 11) is 0. The van der Waals surface area contributed by atoms with E-state index in [1.807, 2.05) is 4.68 Å². The van der Waals surface area contributed by atoms with Crippen molar-refractivity contribution in [2.75, 3.05) is 0 Å². The second kappa shape index (κ2) is 6.79. The molecular formula is C13H21N5S. The minimum absolute atomic E-state index is 0.106. The van der Waals surface area contributed by atoms with Crippen molar-refractivity contribution < 1.29 is 0 Å². The lowest BCUT2D eigenvalue weighted by atomic mass is 10.1. The Morgan fingerprint density at radius 1 is 1.47 bits per heavy atom. The molecule has 0 fully saturated rings. The second-order valence-corrected chi connectivity index (χ2v) is 5.43. The lowest BCUT2D eigenvalue weighted by molar-refractivity contribution is 0.502. The van der Waals surface area contributed by atoms with Gasteiger partial charge in [-0.2, -0.15) is 5.10 Å². The monoisotopic (exact) mass is 279 g/mol. The highest BCUT2D eigenvalue weighted by atomic mass is 32.1. The quantitative estimate of drug-likeness (QED) is 0.601. The number of nitrogens with two attached hydrogens (primary N) is 1. The summed E-state index contributed by atoms with van der Waals surface area (Å²) in [5.41, 5.74) is 4.27. The molecule has 2 aromatic rings. The van der Waals surface area contributed by atoms with Crippen LogP contribution in [0.25, 0.3) is 0 Å². The first kappa shape index (κ1) is 14.2. The molecule has 0 amide bonds. The number of nitrogens with zero attached hydrogens (tertiary/aromatic N) is 3. The number of hydrogen-bond acceptors (Lipinski definition) is 5. The van der Waals surface area contributed by atoms with Gasteiger partial charge in [0.15, 0.2) is 0 Å². The summed E-state index contributed by atoms with van der Waals surface area (Å²) >= 11 is 1.75. The van der Waals surface area contributed by atoms with Crippen molar-refractivity contribution in [1.29, 1.82) is 0 Å². The van der Waals surface area contributed by atoms with Crippen molar-refractivity contribution in [3.63, 3.8) is 0 Å². The molecule has 2 rings (SSSR count). The minimum atomic E-state index is 0.106. The van der Waals surface area contributed by atoms with Crippen LogP contribution in [0.2, 0.25) is 0 Å². The van der Waals surface area contributed by atoms with Crippen molar-refractivity contribution in [1.82, 2.24) is 20.2 Å². The Labute approximate surface area is 117 Å². The van der Waals surface area contributed by atoms with Gasteiger partial charge < -0.3 is 0 Å². The standard InChI is InChI=1S/C13H21N5S/c1-3-6-18-12(15-9-16-18)8-11(17-14)13-10(4-2)5-7-19-13/h5,7,9,11,17H,3-4,6,8,14H2,1-2H3. The summed E-state index contributed by atoms with van der Waals surface area (Å²) in [4.78, 5) is 5.65. The van der Waals surface area contributed by atoms with Gasteiger partial charge in [-0.05, 0) is 29.9 Å². The third-order valence-electron chi connectivity index (χ3n) is 3.20. The normalized spacial score (nSPS) is 12.8. The summed E-state index contributed by atoms with van der Waals surface area (Å²) in [6.07, 6.45) is 4.46. The molecule has 0 saturated heterocycles. The molecule has 3 N–H and O–H groups in total. The average Bonchev–Trinajstić information content (AvgIpc) is 3.05. The Morgan fingerprint density at radius 3 is 3.00 bits per heavy atom. The lowest BCUT2D eigenvalue weighted by Gasteiger charge is -2.16. The van der Waals surface area contributed by atoms with Gasteiger partial charge in [-0.3, -0.25) is 16.0 Å². The second-order valence-electron chi connectivity index (χ2n) is 4.49. The third-order valence-corrected chi connectivity index (χ3v) is 4.27. The number of nitrogens with one attached hydrogen (secondary N) is 1. The molecule has 1 unspecified atom stereocenters. The molecule has 0 aliphatic heterocycles. The molecule has 0 aliphatic carbocycles. The van der Waals surface area contributed by atoms with E-state index in [0.717, 1.165) is 31.6 Å². The molecule has 0 radical (unpaired) electrons. The Balaban J connectivity index is 2.17. The van der Waals surface area contributed by atoms with Gasteiger partial charge in [0.2, 0.25) is 0 Å². The van der Waals surface area contributed by atoms with Gasteiger partial charge in [0, 0.05) is 17.8 Å². The number of hydrazine groups is 1. The molecule has 0 saturated carbocycles. The van der Waals surface area contributed by atoms with Gasteiger partial charge in [-0.15, -0.1) is 11.3 Å². The molecule has 1 atom stereocenters. The molecule has 0 bridgehead atoms. The van der Waals surface area contributed by atoms with Crippen LogP contribution in [0.15, 0.2) is 17.8 Å². The van der Waals surface area contributed by atoms with Crippen LogP contribution in [0, 0.1) is 0 Å². The molecular weight excluding hydrogens is 258 g/mol. The number of aryl methyl sites for hydroxylation is 2. The van der Waals surface area contributed by atoms with Crippen LogP contribution < -0.4 is 11.3 Å². The van der Waals surface area contributed by atoms with Crippen LogP contribution >= 0.6 is 11.3 Å². The highest BCUT2D eigenvalue weighted by Gasteiger charge is 2.18. The molecule has 2 aromatic heterocycles. The molecule has 5 nitrogen and oxygen atoms in total. The molecule has 19 heavy (non-hydrogen) atoms. The van der Waals surface area contributed by atoms with E-state index in [-0.39, 0.29) is 6.04 Å². The van der Waals surface area contributed by atoms with Crippen LogP contribution in [-0.2, 0) is 19.4 Å². The zero-order valence-electron chi connectivity index (χ0n) is 11.5. The first-order valence-electron chi connectivity index (χ1n) is 6.69. The average molecular weight is 279 g/mol. The highest BCUT2D eigenvalue weighted by Crippen LogP contribution is 2.26. The SMILES string of the molecule is CCCn1ncnc1CC(NN)c1sccc1CC. The number of rotatable bonds is 7. The fourth-order valence-electron chi connectivity index (χ4n) is 2.20. The van der Waals surface area contributed by atoms with E-state index in [1.165, 1.54) is 10.4 Å². The Morgan fingerprint density at radius 2 is 2.32 bits per heavy atom. The molecule has 6 heteroatoms. The van der Waals surface area contributed by atoms with E-state index >= 15 is 0 Å². The van der Waals surface area contributed by atoms with Gasteiger partial charge in [0.25, 0.3) is 0 Å². The van der Waals surface area contributed by atoms with Gasteiger partial charge in [-0.1, -0.05) is 13.8 Å².